The summed E-state index contributed by atoms with van der Waals surface area (Å²) in [6.45, 7) is 9.36. The zero-order valence-electron chi connectivity index (χ0n) is 16.0. The van der Waals surface area contributed by atoms with E-state index in [0.29, 0.717) is 6.42 Å². The molecule has 1 aliphatic rings. The van der Waals surface area contributed by atoms with E-state index in [2.05, 4.69) is 15.3 Å². The number of aliphatic hydroxyl groups is 2. The van der Waals surface area contributed by atoms with Gasteiger partial charge in [-0.2, -0.15) is 0 Å². The van der Waals surface area contributed by atoms with Crippen molar-refractivity contribution in [3.8, 4) is 0 Å². The van der Waals surface area contributed by atoms with Gasteiger partial charge in [0.1, 0.15) is 18.3 Å². The van der Waals surface area contributed by atoms with E-state index in [1.807, 2.05) is 0 Å². The Morgan fingerprint density at radius 3 is 2.54 bits per heavy atom. The molecular formula is C16H30N4O6. The maximum atomic E-state index is 12.5. The molecule has 0 aromatic heterocycles. The summed E-state index contributed by atoms with van der Waals surface area (Å²) in [4.78, 5) is 15.2. The lowest BCUT2D eigenvalue weighted by Crippen LogP contribution is -2.64. The van der Waals surface area contributed by atoms with Crippen molar-refractivity contribution in [2.75, 3.05) is 13.1 Å². The molecule has 2 unspecified atom stereocenters. The molecule has 5 atom stereocenters. The van der Waals surface area contributed by atoms with Crippen molar-refractivity contribution in [3.63, 3.8) is 0 Å². The predicted molar refractivity (Wildman–Crippen MR) is 93.2 cm³/mol. The van der Waals surface area contributed by atoms with Gasteiger partial charge in [0, 0.05) is 18.0 Å². The van der Waals surface area contributed by atoms with Gasteiger partial charge in [0.05, 0.1) is 11.7 Å². The minimum atomic E-state index is -1.36. The Morgan fingerprint density at radius 1 is 1.35 bits per heavy atom. The van der Waals surface area contributed by atoms with Crippen LogP contribution >= 0.6 is 0 Å². The first-order valence-corrected chi connectivity index (χ1v) is 8.70. The van der Waals surface area contributed by atoms with E-state index in [-0.39, 0.29) is 19.2 Å². The van der Waals surface area contributed by atoms with Gasteiger partial charge < -0.3 is 29.7 Å². The Labute approximate surface area is 153 Å². The fourth-order valence-electron chi connectivity index (χ4n) is 2.48. The largest absolute Gasteiger partial charge is 0.387 e. The molecule has 3 N–H and O–H groups in total. The van der Waals surface area contributed by atoms with Gasteiger partial charge in [-0.3, -0.25) is 4.79 Å². The zero-order valence-corrected chi connectivity index (χ0v) is 16.0. The number of azide groups is 1. The Kier molecular flexibility index (Phi) is 8.75. The monoisotopic (exact) mass is 374 g/mol. The van der Waals surface area contributed by atoms with Crippen molar-refractivity contribution in [2.24, 2.45) is 5.11 Å². The molecule has 1 amide bonds. The first kappa shape index (κ1) is 22.6. The van der Waals surface area contributed by atoms with E-state index in [1.165, 1.54) is 0 Å². The molecule has 150 valence electrons. The van der Waals surface area contributed by atoms with Crippen molar-refractivity contribution in [1.82, 2.24) is 5.32 Å². The van der Waals surface area contributed by atoms with Crippen LogP contribution in [-0.4, -0.2) is 71.6 Å². The van der Waals surface area contributed by atoms with Gasteiger partial charge in [-0.15, -0.1) is 0 Å². The molecule has 26 heavy (non-hydrogen) atoms. The average molecular weight is 374 g/mol. The van der Waals surface area contributed by atoms with Crippen molar-refractivity contribution in [1.29, 1.82) is 0 Å². The standard InChI is InChI=1S/C16H30N4O6/c1-9(2)24-15-11(22)10(21)12(26-16(3,4)5)13(25-15)14(23)18-7-6-8-19-20-17/h9-13,15,21-22H,6-8H2,1-5H3,(H,18,23)/t10-,11?,12+,13?,15-/m1/s1. The molecule has 1 rings (SSSR count). The van der Waals surface area contributed by atoms with Crippen molar-refractivity contribution in [2.45, 2.75) is 83.5 Å². The summed E-state index contributed by atoms with van der Waals surface area (Å²) in [5.41, 5.74) is 7.58. The highest BCUT2D eigenvalue weighted by molar-refractivity contribution is 5.81. The first-order chi connectivity index (χ1) is 12.1. The van der Waals surface area contributed by atoms with Gasteiger partial charge in [-0.1, -0.05) is 5.11 Å². The van der Waals surface area contributed by atoms with Crippen LogP contribution in [0.5, 0.6) is 0 Å². The summed E-state index contributed by atoms with van der Waals surface area (Å²) in [5.74, 6) is -0.497. The Bertz CT molecular complexity index is 503. The van der Waals surface area contributed by atoms with Gasteiger partial charge in [-0.05, 0) is 46.6 Å². The minimum absolute atomic E-state index is 0.255. The molecule has 0 spiro atoms. The molecule has 1 saturated heterocycles. The summed E-state index contributed by atoms with van der Waals surface area (Å²) in [5, 5.41) is 26.8. The number of hydrogen-bond acceptors (Lipinski definition) is 7. The number of rotatable bonds is 8. The second-order valence-electron chi connectivity index (χ2n) is 7.38. The number of carbonyl (C=O) groups excluding carboxylic acids is 1. The molecule has 0 aromatic rings. The molecule has 0 aromatic carbocycles. The number of aliphatic hydroxyl groups excluding tert-OH is 2. The van der Waals surface area contributed by atoms with E-state index in [4.69, 9.17) is 19.7 Å². The molecule has 0 aliphatic carbocycles. The van der Waals surface area contributed by atoms with E-state index in [9.17, 15) is 15.0 Å². The molecule has 1 heterocycles. The van der Waals surface area contributed by atoms with Crippen LogP contribution in [0, 0.1) is 0 Å². The number of nitrogens with one attached hydrogen (secondary N) is 1. The van der Waals surface area contributed by atoms with Crippen LogP contribution in [0.3, 0.4) is 0 Å². The lowest BCUT2D eigenvalue weighted by Gasteiger charge is -2.44. The topological polar surface area (TPSA) is 146 Å². The smallest absolute Gasteiger partial charge is 0.252 e. The van der Waals surface area contributed by atoms with E-state index in [0.717, 1.165) is 0 Å². The normalized spacial score (nSPS) is 29.3. The fourth-order valence-corrected chi connectivity index (χ4v) is 2.48. The fraction of sp³-hybridized carbons (Fsp3) is 0.938. The Hall–Kier alpha value is -1.42. The van der Waals surface area contributed by atoms with Crippen LogP contribution in [0.25, 0.3) is 10.4 Å². The highest BCUT2D eigenvalue weighted by Crippen LogP contribution is 2.28. The molecule has 10 heteroatoms. The van der Waals surface area contributed by atoms with Gasteiger partial charge in [0.25, 0.3) is 5.91 Å². The highest BCUT2D eigenvalue weighted by Gasteiger charge is 2.50. The third kappa shape index (κ3) is 7.06. The second-order valence-corrected chi connectivity index (χ2v) is 7.38. The second kappa shape index (κ2) is 10.1. The number of hydrogen-bond donors (Lipinski definition) is 3. The van der Waals surface area contributed by atoms with Crippen LogP contribution < -0.4 is 5.32 Å². The summed E-state index contributed by atoms with van der Waals surface area (Å²) in [6.07, 6.45) is -5.88. The Morgan fingerprint density at radius 2 is 2.00 bits per heavy atom. The molecule has 1 fully saturated rings. The van der Waals surface area contributed by atoms with Gasteiger partial charge >= 0.3 is 0 Å². The predicted octanol–water partition coefficient (Wildman–Crippen LogP) is 0.858. The van der Waals surface area contributed by atoms with E-state index >= 15 is 0 Å². The Balaban J connectivity index is 2.87. The van der Waals surface area contributed by atoms with Crippen LogP contribution in [0.4, 0.5) is 0 Å². The lowest BCUT2D eigenvalue weighted by molar-refractivity contribution is -0.313. The molecule has 1 aliphatic heterocycles. The first-order valence-electron chi connectivity index (χ1n) is 8.70. The molecule has 10 nitrogen and oxygen atoms in total. The van der Waals surface area contributed by atoms with Gasteiger partial charge in [0.15, 0.2) is 12.4 Å². The third-order valence-corrected chi connectivity index (χ3v) is 3.50. The number of amides is 1. The number of ether oxygens (including phenoxy) is 3. The van der Waals surface area contributed by atoms with Gasteiger partial charge in [0.2, 0.25) is 0 Å². The minimum Gasteiger partial charge on any atom is -0.387 e. The average Bonchev–Trinajstić information content (AvgIpc) is 2.52. The summed E-state index contributed by atoms with van der Waals surface area (Å²) in [6, 6.07) is 0. The van der Waals surface area contributed by atoms with Crippen LogP contribution in [-0.2, 0) is 19.0 Å². The highest BCUT2D eigenvalue weighted by atomic mass is 16.7. The molecule has 0 radical (unpaired) electrons. The zero-order chi connectivity index (χ0) is 19.9. The summed E-state index contributed by atoms with van der Waals surface area (Å²) >= 11 is 0. The maximum Gasteiger partial charge on any atom is 0.252 e. The maximum absolute atomic E-state index is 12.5. The van der Waals surface area contributed by atoms with Crippen LogP contribution in [0.1, 0.15) is 41.0 Å². The summed E-state index contributed by atoms with van der Waals surface area (Å²) < 4.78 is 16.9. The van der Waals surface area contributed by atoms with Crippen molar-refractivity contribution < 1.29 is 29.2 Å². The third-order valence-electron chi connectivity index (χ3n) is 3.50. The van der Waals surface area contributed by atoms with Gasteiger partial charge in [-0.25, -0.2) is 0 Å². The van der Waals surface area contributed by atoms with E-state index in [1.54, 1.807) is 34.6 Å². The number of nitrogens with zero attached hydrogens (tertiary/aromatic N) is 3. The quantitative estimate of drug-likeness (QED) is 0.248. The summed E-state index contributed by atoms with van der Waals surface area (Å²) in [7, 11) is 0. The van der Waals surface area contributed by atoms with Crippen LogP contribution in [0.15, 0.2) is 5.11 Å². The SMILES string of the molecule is CC(C)O[C@@H]1OC(C(=O)NCCCN=[N+]=[N-])[C@@H](OC(C)(C)C)[C@H](O)C1O. The number of carbonyl (C=O) groups is 1. The van der Waals surface area contributed by atoms with E-state index < -0.39 is 42.2 Å². The lowest BCUT2D eigenvalue weighted by atomic mass is 9.96. The van der Waals surface area contributed by atoms with Crippen molar-refractivity contribution in [3.05, 3.63) is 10.4 Å². The molecule has 0 bridgehead atoms. The molecule has 0 saturated carbocycles. The van der Waals surface area contributed by atoms with Crippen LogP contribution in [0.2, 0.25) is 0 Å². The molecular weight excluding hydrogens is 344 g/mol. The van der Waals surface area contributed by atoms with Crippen molar-refractivity contribution >= 4 is 5.91 Å².